The Kier molecular flexibility index (Phi) is 5.99. The molecule has 0 aliphatic carbocycles. The molecule has 1 N–H and O–H groups in total. The van der Waals surface area contributed by atoms with Gasteiger partial charge in [-0.3, -0.25) is 14.4 Å². The fourth-order valence-corrected chi connectivity index (χ4v) is 4.45. The number of nitrogens with one attached hydrogen (secondary N) is 1. The van der Waals surface area contributed by atoms with Crippen LogP contribution in [0.3, 0.4) is 0 Å². The van der Waals surface area contributed by atoms with Gasteiger partial charge in [0.25, 0.3) is 11.5 Å². The van der Waals surface area contributed by atoms with Crippen molar-refractivity contribution in [1.29, 1.82) is 0 Å². The van der Waals surface area contributed by atoms with E-state index in [0.29, 0.717) is 11.7 Å². The maximum absolute atomic E-state index is 13.3. The van der Waals surface area contributed by atoms with E-state index in [2.05, 4.69) is 42.3 Å². The number of hydrogen-bond donors (Lipinski definition) is 1. The zero-order chi connectivity index (χ0) is 22.0. The Balaban J connectivity index is 1.55. The molecule has 2 aromatic heterocycles. The van der Waals surface area contributed by atoms with Crippen LogP contribution in [0.15, 0.2) is 52.9 Å². The molecule has 1 saturated heterocycles. The predicted octanol–water partition coefficient (Wildman–Crippen LogP) is 3.54. The second kappa shape index (κ2) is 8.85. The van der Waals surface area contributed by atoms with Gasteiger partial charge in [-0.2, -0.15) is 0 Å². The van der Waals surface area contributed by atoms with Gasteiger partial charge < -0.3 is 14.8 Å². The van der Waals surface area contributed by atoms with E-state index in [1.165, 1.54) is 39.3 Å². The zero-order valence-corrected chi connectivity index (χ0v) is 18.3. The highest BCUT2D eigenvalue weighted by Gasteiger charge is 2.32. The molecule has 1 aliphatic heterocycles. The molecule has 1 aromatic carbocycles. The van der Waals surface area contributed by atoms with Gasteiger partial charge in [0, 0.05) is 24.3 Å². The molecular formula is C23H24N4O3S. The van der Waals surface area contributed by atoms with Crippen molar-refractivity contribution < 1.29 is 9.59 Å². The van der Waals surface area contributed by atoms with Crippen LogP contribution >= 0.6 is 11.3 Å². The highest BCUT2D eigenvalue weighted by molar-refractivity contribution is 7.13. The first-order valence-corrected chi connectivity index (χ1v) is 11.1. The largest absolute Gasteiger partial charge is 0.331 e. The Morgan fingerprint density at radius 2 is 2.06 bits per heavy atom. The minimum Gasteiger partial charge on any atom is -0.331 e. The van der Waals surface area contributed by atoms with Gasteiger partial charge in [-0.25, -0.2) is 4.98 Å². The lowest BCUT2D eigenvalue weighted by molar-refractivity contribution is -0.116. The number of carbonyl (C=O) groups excluding carboxylic acids is 2. The summed E-state index contributed by atoms with van der Waals surface area (Å²) in [6, 6.07) is 9.38. The van der Waals surface area contributed by atoms with Crippen molar-refractivity contribution in [3.8, 4) is 0 Å². The molecule has 0 radical (unpaired) electrons. The summed E-state index contributed by atoms with van der Waals surface area (Å²) in [5.74, 6) is -0.656. The summed E-state index contributed by atoms with van der Waals surface area (Å²) in [5.41, 5.74) is 3.10. The van der Waals surface area contributed by atoms with E-state index in [1.54, 1.807) is 22.5 Å². The lowest BCUT2D eigenvalue weighted by atomic mass is 9.99. The molecule has 1 aliphatic rings. The van der Waals surface area contributed by atoms with Crippen LogP contribution in [-0.4, -0.2) is 32.8 Å². The van der Waals surface area contributed by atoms with Crippen molar-refractivity contribution in [2.75, 3.05) is 11.9 Å². The monoisotopic (exact) mass is 436 g/mol. The Morgan fingerprint density at radius 1 is 1.23 bits per heavy atom. The second-order valence-corrected chi connectivity index (χ2v) is 8.64. The summed E-state index contributed by atoms with van der Waals surface area (Å²) in [6.07, 6.45) is 4.87. The van der Waals surface area contributed by atoms with Crippen molar-refractivity contribution >= 4 is 28.3 Å². The normalized spacial score (nSPS) is 15.8. The first kappa shape index (κ1) is 21.0. The van der Waals surface area contributed by atoms with Gasteiger partial charge in [-0.1, -0.05) is 18.2 Å². The molecule has 0 bridgehead atoms. The minimum atomic E-state index is -0.465. The summed E-state index contributed by atoms with van der Waals surface area (Å²) in [6.45, 7) is 4.55. The average molecular weight is 437 g/mol. The van der Waals surface area contributed by atoms with Crippen LogP contribution in [0.25, 0.3) is 0 Å². The third-order valence-corrected chi connectivity index (χ3v) is 6.36. The molecule has 3 aromatic rings. The quantitative estimate of drug-likeness (QED) is 0.663. The van der Waals surface area contributed by atoms with Gasteiger partial charge in [0.2, 0.25) is 5.91 Å². The van der Waals surface area contributed by atoms with Crippen molar-refractivity contribution in [3.05, 3.63) is 80.7 Å². The molecule has 7 nitrogen and oxygen atoms in total. The van der Waals surface area contributed by atoms with Crippen LogP contribution in [0.5, 0.6) is 0 Å². The van der Waals surface area contributed by atoms with Crippen LogP contribution in [0.4, 0.5) is 5.13 Å². The number of amides is 2. The molecule has 0 saturated carbocycles. The number of benzene rings is 1. The molecule has 3 heterocycles. The van der Waals surface area contributed by atoms with E-state index in [1.807, 2.05) is 0 Å². The van der Waals surface area contributed by atoms with Crippen molar-refractivity contribution in [2.24, 2.45) is 0 Å². The van der Waals surface area contributed by atoms with Crippen LogP contribution < -0.4 is 10.9 Å². The van der Waals surface area contributed by atoms with Crippen molar-refractivity contribution in [2.45, 2.75) is 39.3 Å². The number of hydrogen-bond acceptors (Lipinski definition) is 5. The van der Waals surface area contributed by atoms with Gasteiger partial charge >= 0.3 is 0 Å². The smallest absolute Gasteiger partial charge is 0.263 e. The molecule has 8 heteroatoms. The number of aromatic nitrogens is 2. The first-order chi connectivity index (χ1) is 14.9. The van der Waals surface area contributed by atoms with E-state index >= 15 is 0 Å². The fourth-order valence-electron chi connectivity index (χ4n) is 3.91. The van der Waals surface area contributed by atoms with Crippen LogP contribution in [-0.2, 0) is 11.3 Å². The lowest BCUT2D eigenvalue weighted by Gasteiger charge is -2.25. The maximum Gasteiger partial charge on any atom is 0.263 e. The van der Waals surface area contributed by atoms with E-state index in [9.17, 15) is 14.4 Å². The van der Waals surface area contributed by atoms with E-state index in [0.717, 1.165) is 18.4 Å². The van der Waals surface area contributed by atoms with E-state index < -0.39 is 5.56 Å². The summed E-state index contributed by atoms with van der Waals surface area (Å²) in [4.78, 5) is 44.3. The van der Waals surface area contributed by atoms with Gasteiger partial charge in [0.15, 0.2) is 5.13 Å². The Hall–Kier alpha value is -3.26. The standard InChI is InChI=1S/C23H24N4O3S/c1-15-7-8-17(13-16(15)2)19-6-4-11-27(19)22(30)18-5-3-10-26(21(18)29)14-20(28)25-23-24-9-12-31-23/h3,5,7-10,12-13,19H,4,6,11,14H2,1-2H3,(H,24,25,28)/t19-/m1/s1. The number of nitrogens with zero attached hydrogens (tertiary/aromatic N) is 3. The van der Waals surface area contributed by atoms with Crippen molar-refractivity contribution in [3.63, 3.8) is 0 Å². The van der Waals surface area contributed by atoms with Gasteiger partial charge in [-0.15, -0.1) is 11.3 Å². The number of carbonyl (C=O) groups is 2. The van der Waals surface area contributed by atoms with Gasteiger partial charge in [-0.05, 0) is 55.5 Å². The molecule has 0 unspecified atom stereocenters. The molecular weight excluding hydrogens is 412 g/mol. The molecule has 1 atom stereocenters. The predicted molar refractivity (Wildman–Crippen MR) is 120 cm³/mol. The molecule has 31 heavy (non-hydrogen) atoms. The second-order valence-electron chi connectivity index (χ2n) is 7.74. The SMILES string of the molecule is Cc1ccc([C@H]2CCCN2C(=O)c2cccn(CC(=O)Nc3nccs3)c2=O)cc1C. The topological polar surface area (TPSA) is 84.3 Å². The van der Waals surface area contributed by atoms with Crippen LogP contribution in [0.2, 0.25) is 0 Å². The molecule has 160 valence electrons. The minimum absolute atomic E-state index is 0.0481. The highest BCUT2D eigenvalue weighted by Crippen LogP contribution is 2.33. The lowest BCUT2D eigenvalue weighted by Crippen LogP contribution is -2.37. The fraction of sp³-hybridized carbons (Fsp3) is 0.304. The zero-order valence-electron chi connectivity index (χ0n) is 17.5. The molecule has 2 amide bonds. The summed E-state index contributed by atoms with van der Waals surface area (Å²) in [7, 11) is 0. The Morgan fingerprint density at radius 3 is 2.81 bits per heavy atom. The number of likely N-dealkylation sites (tertiary alicyclic amines) is 1. The number of thiazole rings is 1. The summed E-state index contributed by atoms with van der Waals surface area (Å²) < 4.78 is 1.26. The summed E-state index contributed by atoms with van der Waals surface area (Å²) >= 11 is 1.30. The third kappa shape index (κ3) is 4.44. The molecule has 4 rings (SSSR count). The highest BCUT2D eigenvalue weighted by atomic mass is 32.1. The summed E-state index contributed by atoms with van der Waals surface area (Å²) in [5, 5.41) is 4.88. The number of rotatable bonds is 5. The Bertz CT molecular complexity index is 1170. The van der Waals surface area contributed by atoms with Crippen LogP contribution in [0.1, 0.15) is 45.9 Å². The average Bonchev–Trinajstić information content (AvgIpc) is 3.43. The molecule has 1 fully saturated rings. The third-order valence-electron chi connectivity index (χ3n) is 5.67. The van der Waals surface area contributed by atoms with Crippen molar-refractivity contribution in [1.82, 2.24) is 14.5 Å². The van der Waals surface area contributed by atoms with Crippen LogP contribution in [0, 0.1) is 13.8 Å². The van der Waals surface area contributed by atoms with E-state index in [-0.39, 0.29) is 30.0 Å². The first-order valence-electron chi connectivity index (χ1n) is 10.2. The maximum atomic E-state index is 13.3. The van der Waals surface area contributed by atoms with Gasteiger partial charge in [0.1, 0.15) is 12.1 Å². The number of aryl methyl sites for hydroxylation is 2. The number of anilines is 1. The molecule has 0 spiro atoms. The van der Waals surface area contributed by atoms with Gasteiger partial charge in [0.05, 0.1) is 6.04 Å². The Labute approximate surface area is 184 Å². The van der Waals surface area contributed by atoms with E-state index in [4.69, 9.17) is 0 Å². The number of pyridine rings is 1.